The molecule has 0 aliphatic rings. The van der Waals surface area contributed by atoms with Crippen LogP contribution in [0.4, 0.5) is 4.39 Å². The van der Waals surface area contributed by atoms with Crippen LogP contribution in [0.3, 0.4) is 0 Å². The van der Waals surface area contributed by atoms with Crippen LogP contribution in [0.5, 0.6) is 5.75 Å². The number of ether oxygens (including phenoxy) is 1. The third kappa shape index (κ3) is 6.74. The molecular weight excluding hydrogens is 420 g/mol. The Bertz CT molecular complexity index is 630. The highest BCUT2D eigenvalue weighted by Gasteiger charge is 2.00. The van der Waals surface area contributed by atoms with E-state index in [4.69, 9.17) is 4.74 Å². The molecule has 0 atom stereocenters. The number of benzene rings is 2. The summed E-state index contributed by atoms with van der Waals surface area (Å²) in [5.41, 5.74) is 2.23. The number of hydrogen-bond acceptors (Lipinski definition) is 2. The first kappa shape index (κ1) is 20.2. The Hall–Kier alpha value is -1.83. The van der Waals surface area contributed by atoms with Gasteiger partial charge in [0, 0.05) is 20.1 Å². The van der Waals surface area contributed by atoms with Crippen LogP contribution >= 0.6 is 24.0 Å². The largest absolute Gasteiger partial charge is 0.497 e. The molecule has 0 radical (unpaired) electrons. The average molecular weight is 443 g/mol. The minimum atomic E-state index is -0.210. The van der Waals surface area contributed by atoms with Gasteiger partial charge < -0.3 is 15.4 Å². The van der Waals surface area contributed by atoms with Gasteiger partial charge in [-0.3, -0.25) is 4.99 Å². The van der Waals surface area contributed by atoms with Gasteiger partial charge in [0.15, 0.2) is 5.96 Å². The molecular formula is C18H23FIN3O. The van der Waals surface area contributed by atoms with Gasteiger partial charge in [-0.25, -0.2) is 4.39 Å². The first-order valence-corrected chi connectivity index (χ1v) is 7.53. The van der Waals surface area contributed by atoms with Crippen LogP contribution in [0.2, 0.25) is 0 Å². The number of rotatable bonds is 6. The van der Waals surface area contributed by atoms with E-state index in [1.807, 2.05) is 24.3 Å². The van der Waals surface area contributed by atoms with Gasteiger partial charge in [-0.2, -0.15) is 0 Å². The Kier molecular flexibility index (Phi) is 9.14. The number of nitrogens with one attached hydrogen (secondary N) is 2. The molecule has 0 aromatic heterocycles. The molecule has 4 nitrogen and oxygen atoms in total. The van der Waals surface area contributed by atoms with Gasteiger partial charge in [0.2, 0.25) is 0 Å². The third-order valence-electron chi connectivity index (χ3n) is 3.46. The fourth-order valence-electron chi connectivity index (χ4n) is 2.13. The lowest BCUT2D eigenvalue weighted by molar-refractivity contribution is 0.414. The van der Waals surface area contributed by atoms with Crippen LogP contribution in [-0.2, 0) is 13.0 Å². The zero-order valence-electron chi connectivity index (χ0n) is 13.9. The highest BCUT2D eigenvalue weighted by atomic mass is 127. The standard InChI is InChI=1S/C18H22FN3O.HI/c1-20-18(21-12-11-14-3-7-16(19)8-4-14)22-13-15-5-9-17(23-2)10-6-15;/h3-10H,11-13H2,1-2H3,(H2,20,21,22);1H. The molecule has 2 rings (SSSR count). The monoisotopic (exact) mass is 443 g/mol. The van der Waals surface area contributed by atoms with E-state index in [-0.39, 0.29) is 29.8 Å². The predicted molar refractivity (Wildman–Crippen MR) is 107 cm³/mol. The van der Waals surface area contributed by atoms with Gasteiger partial charge in [0.25, 0.3) is 0 Å². The molecule has 0 fully saturated rings. The Balaban J connectivity index is 0.00000288. The molecule has 2 aromatic rings. The van der Waals surface area contributed by atoms with Crippen molar-refractivity contribution in [3.8, 4) is 5.75 Å². The molecule has 0 spiro atoms. The molecule has 2 aromatic carbocycles. The lowest BCUT2D eigenvalue weighted by Crippen LogP contribution is -2.37. The molecule has 0 aliphatic carbocycles. The van der Waals surface area contributed by atoms with Crippen molar-refractivity contribution in [3.63, 3.8) is 0 Å². The molecule has 2 N–H and O–H groups in total. The van der Waals surface area contributed by atoms with E-state index in [1.165, 1.54) is 12.1 Å². The predicted octanol–water partition coefficient (Wildman–Crippen LogP) is 3.36. The Labute approximate surface area is 159 Å². The van der Waals surface area contributed by atoms with Crippen molar-refractivity contribution >= 4 is 29.9 Å². The summed E-state index contributed by atoms with van der Waals surface area (Å²) in [7, 11) is 3.39. The second kappa shape index (κ2) is 10.9. The summed E-state index contributed by atoms with van der Waals surface area (Å²) < 4.78 is 18.0. The number of methoxy groups -OCH3 is 1. The van der Waals surface area contributed by atoms with E-state index >= 15 is 0 Å². The molecule has 0 bridgehead atoms. The van der Waals surface area contributed by atoms with Crippen LogP contribution in [0.1, 0.15) is 11.1 Å². The minimum absolute atomic E-state index is 0. The molecule has 0 saturated carbocycles. The first-order valence-electron chi connectivity index (χ1n) is 7.53. The molecule has 6 heteroatoms. The van der Waals surface area contributed by atoms with Crippen molar-refractivity contribution < 1.29 is 9.13 Å². The van der Waals surface area contributed by atoms with Crippen LogP contribution in [0, 0.1) is 5.82 Å². The fraction of sp³-hybridized carbons (Fsp3) is 0.278. The van der Waals surface area contributed by atoms with Gasteiger partial charge in [0.1, 0.15) is 11.6 Å². The zero-order valence-corrected chi connectivity index (χ0v) is 16.2. The SMILES string of the molecule is CN=C(NCCc1ccc(F)cc1)NCc1ccc(OC)cc1.I. The summed E-state index contributed by atoms with van der Waals surface area (Å²) in [4.78, 5) is 4.19. The summed E-state index contributed by atoms with van der Waals surface area (Å²) >= 11 is 0. The van der Waals surface area contributed by atoms with Crippen molar-refractivity contribution in [2.45, 2.75) is 13.0 Å². The molecule has 0 saturated heterocycles. The highest BCUT2D eigenvalue weighted by Crippen LogP contribution is 2.10. The number of guanidine groups is 1. The minimum Gasteiger partial charge on any atom is -0.497 e. The van der Waals surface area contributed by atoms with Crippen molar-refractivity contribution in [1.29, 1.82) is 0 Å². The summed E-state index contributed by atoms with van der Waals surface area (Å²) in [6.07, 6.45) is 0.809. The maximum absolute atomic E-state index is 12.8. The second-order valence-electron chi connectivity index (χ2n) is 5.08. The first-order chi connectivity index (χ1) is 11.2. The normalized spacial score (nSPS) is 10.7. The van der Waals surface area contributed by atoms with Gasteiger partial charge in [-0.15, -0.1) is 24.0 Å². The van der Waals surface area contributed by atoms with Gasteiger partial charge in [0.05, 0.1) is 7.11 Å². The Morgan fingerprint density at radius 1 is 1.00 bits per heavy atom. The quantitative estimate of drug-likeness (QED) is 0.409. The van der Waals surface area contributed by atoms with E-state index < -0.39 is 0 Å². The Morgan fingerprint density at radius 2 is 1.62 bits per heavy atom. The molecule has 0 unspecified atom stereocenters. The van der Waals surface area contributed by atoms with Crippen LogP contribution in [0.25, 0.3) is 0 Å². The summed E-state index contributed by atoms with van der Waals surface area (Å²) in [5, 5.41) is 6.50. The zero-order chi connectivity index (χ0) is 16.5. The molecule has 0 heterocycles. The Morgan fingerprint density at radius 3 is 2.21 bits per heavy atom. The number of hydrogen-bond donors (Lipinski definition) is 2. The maximum atomic E-state index is 12.8. The van der Waals surface area contributed by atoms with E-state index in [0.29, 0.717) is 6.54 Å². The summed E-state index contributed by atoms with van der Waals surface area (Å²) in [5.74, 6) is 1.37. The summed E-state index contributed by atoms with van der Waals surface area (Å²) in [6, 6.07) is 14.4. The topological polar surface area (TPSA) is 45.7 Å². The number of aliphatic imine (C=N–C) groups is 1. The van der Waals surface area contributed by atoms with Crippen molar-refractivity contribution in [2.75, 3.05) is 20.7 Å². The van der Waals surface area contributed by atoms with Gasteiger partial charge >= 0.3 is 0 Å². The maximum Gasteiger partial charge on any atom is 0.191 e. The molecule has 0 aliphatic heterocycles. The van der Waals surface area contributed by atoms with Gasteiger partial charge in [-0.05, 0) is 41.8 Å². The molecule has 130 valence electrons. The fourth-order valence-corrected chi connectivity index (χ4v) is 2.13. The van der Waals surface area contributed by atoms with E-state index in [9.17, 15) is 4.39 Å². The van der Waals surface area contributed by atoms with Crippen molar-refractivity contribution in [1.82, 2.24) is 10.6 Å². The summed E-state index contributed by atoms with van der Waals surface area (Å²) in [6.45, 7) is 1.41. The number of nitrogens with zero attached hydrogens (tertiary/aromatic N) is 1. The highest BCUT2D eigenvalue weighted by molar-refractivity contribution is 14.0. The molecule has 24 heavy (non-hydrogen) atoms. The molecule has 0 amide bonds. The van der Waals surface area contributed by atoms with E-state index in [2.05, 4.69) is 15.6 Å². The average Bonchev–Trinajstić information content (AvgIpc) is 2.60. The number of halogens is 2. The van der Waals surface area contributed by atoms with Crippen molar-refractivity contribution in [2.24, 2.45) is 4.99 Å². The van der Waals surface area contributed by atoms with Gasteiger partial charge in [-0.1, -0.05) is 24.3 Å². The lowest BCUT2D eigenvalue weighted by atomic mass is 10.1. The van der Waals surface area contributed by atoms with E-state index in [0.717, 1.165) is 35.8 Å². The smallest absolute Gasteiger partial charge is 0.191 e. The van der Waals surface area contributed by atoms with Crippen LogP contribution < -0.4 is 15.4 Å². The van der Waals surface area contributed by atoms with Crippen LogP contribution in [0.15, 0.2) is 53.5 Å². The van der Waals surface area contributed by atoms with Crippen LogP contribution in [-0.4, -0.2) is 26.7 Å². The van der Waals surface area contributed by atoms with Crippen molar-refractivity contribution in [3.05, 3.63) is 65.5 Å². The van der Waals surface area contributed by atoms with E-state index in [1.54, 1.807) is 26.3 Å². The lowest BCUT2D eigenvalue weighted by Gasteiger charge is -2.12. The third-order valence-corrected chi connectivity index (χ3v) is 3.46. The second-order valence-corrected chi connectivity index (χ2v) is 5.08.